The molecule has 0 unspecified atom stereocenters. The first-order chi connectivity index (χ1) is 7.08. The Labute approximate surface area is 97.1 Å². The third-order valence-electron chi connectivity index (χ3n) is 4.19. The van der Waals surface area contributed by atoms with Crippen LogP contribution < -0.4 is 5.73 Å². The van der Waals surface area contributed by atoms with E-state index in [2.05, 4.69) is 13.8 Å². The summed E-state index contributed by atoms with van der Waals surface area (Å²) in [7, 11) is -2.92. The molecule has 0 spiro atoms. The summed E-state index contributed by atoms with van der Waals surface area (Å²) in [5.74, 6) is 0.235. The van der Waals surface area contributed by atoms with E-state index >= 15 is 0 Å². The SMILES string of the molecule is CC1(C)CC(O)(C2(N)CCS(=O)(=O)CC2)C1. The smallest absolute Gasteiger partial charge is 0.150 e. The third-order valence-corrected chi connectivity index (χ3v) is 5.84. The maximum Gasteiger partial charge on any atom is 0.150 e. The maximum absolute atomic E-state index is 11.4. The van der Waals surface area contributed by atoms with Gasteiger partial charge in [0.15, 0.2) is 0 Å². The Bertz CT molecular complexity index is 377. The summed E-state index contributed by atoms with van der Waals surface area (Å²) in [5, 5.41) is 10.5. The van der Waals surface area contributed by atoms with Crippen molar-refractivity contribution in [2.24, 2.45) is 11.1 Å². The van der Waals surface area contributed by atoms with Crippen molar-refractivity contribution in [2.75, 3.05) is 11.5 Å². The molecule has 0 amide bonds. The number of sulfone groups is 1. The van der Waals surface area contributed by atoms with Crippen molar-refractivity contribution in [2.45, 2.75) is 50.7 Å². The zero-order chi connectivity index (χ0) is 12.2. The van der Waals surface area contributed by atoms with Crippen LogP contribution in [0.2, 0.25) is 0 Å². The summed E-state index contributed by atoms with van der Waals surface area (Å²) in [6.45, 7) is 4.20. The minimum atomic E-state index is -2.92. The van der Waals surface area contributed by atoms with Crippen LogP contribution >= 0.6 is 0 Å². The van der Waals surface area contributed by atoms with E-state index in [9.17, 15) is 13.5 Å². The molecule has 2 rings (SSSR count). The second-order valence-electron chi connectivity index (χ2n) is 6.36. The van der Waals surface area contributed by atoms with Crippen LogP contribution in [-0.4, -0.2) is 36.2 Å². The molecule has 0 aromatic carbocycles. The van der Waals surface area contributed by atoms with E-state index in [1.165, 1.54) is 0 Å². The molecule has 5 heteroatoms. The van der Waals surface area contributed by atoms with Gasteiger partial charge in [-0.1, -0.05) is 13.8 Å². The summed E-state index contributed by atoms with van der Waals surface area (Å²) in [5.41, 5.74) is 4.81. The Hall–Kier alpha value is -0.130. The predicted molar refractivity (Wildman–Crippen MR) is 62.8 cm³/mol. The molecule has 1 saturated carbocycles. The fraction of sp³-hybridized carbons (Fsp3) is 1.00. The van der Waals surface area contributed by atoms with Crippen LogP contribution in [0.3, 0.4) is 0 Å². The molecule has 0 radical (unpaired) electrons. The minimum absolute atomic E-state index is 0.117. The molecule has 0 aromatic rings. The molecular formula is C11H21NO3S. The van der Waals surface area contributed by atoms with Crippen LogP contribution in [0.25, 0.3) is 0 Å². The molecule has 0 aromatic heterocycles. The van der Waals surface area contributed by atoms with Crippen LogP contribution in [0.15, 0.2) is 0 Å². The summed E-state index contributed by atoms with van der Waals surface area (Å²) in [6.07, 6.45) is 2.14. The third kappa shape index (κ3) is 1.89. The maximum atomic E-state index is 11.4. The lowest BCUT2D eigenvalue weighted by Gasteiger charge is -2.59. The van der Waals surface area contributed by atoms with Gasteiger partial charge < -0.3 is 10.8 Å². The highest BCUT2D eigenvalue weighted by Gasteiger charge is 2.59. The molecule has 2 fully saturated rings. The zero-order valence-electron chi connectivity index (χ0n) is 9.99. The van der Waals surface area contributed by atoms with Crippen molar-refractivity contribution in [3.05, 3.63) is 0 Å². The van der Waals surface area contributed by atoms with Gasteiger partial charge in [-0.15, -0.1) is 0 Å². The molecule has 4 nitrogen and oxygen atoms in total. The largest absolute Gasteiger partial charge is 0.388 e. The van der Waals surface area contributed by atoms with Crippen LogP contribution in [0.4, 0.5) is 0 Å². The second kappa shape index (κ2) is 3.21. The molecule has 16 heavy (non-hydrogen) atoms. The Morgan fingerprint density at radius 2 is 1.56 bits per heavy atom. The van der Waals surface area contributed by atoms with E-state index in [0.717, 1.165) is 0 Å². The summed E-state index contributed by atoms with van der Waals surface area (Å²) < 4.78 is 22.7. The van der Waals surface area contributed by atoms with Gasteiger partial charge in [0.2, 0.25) is 0 Å². The standard InChI is InChI=1S/C11H21NO3S/c1-9(2)7-11(13,8-9)10(12)3-5-16(14,15)6-4-10/h13H,3-8,12H2,1-2H3. The number of hydrogen-bond donors (Lipinski definition) is 2. The topological polar surface area (TPSA) is 80.4 Å². The number of rotatable bonds is 1. The Kier molecular flexibility index (Phi) is 2.47. The highest BCUT2D eigenvalue weighted by Crippen LogP contribution is 2.54. The van der Waals surface area contributed by atoms with Crippen molar-refractivity contribution in [1.82, 2.24) is 0 Å². The van der Waals surface area contributed by atoms with Crippen molar-refractivity contribution in [1.29, 1.82) is 0 Å². The summed E-state index contributed by atoms with van der Waals surface area (Å²) in [6, 6.07) is 0. The van der Waals surface area contributed by atoms with E-state index in [1.807, 2.05) is 0 Å². The lowest BCUT2D eigenvalue weighted by Crippen LogP contribution is -2.70. The fourth-order valence-electron chi connectivity index (χ4n) is 3.25. The molecule has 0 atom stereocenters. The molecule has 1 aliphatic carbocycles. The minimum Gasteiger partial charge on any atom is -0.388 e. The van der Waals surface area contributed by atoms with Gasteiger partial charge in [0.05, 0.1) is 17.1 Å². The van der Waals surface area contributed by atoms with Crippen LogP contribution in [-0.2, 0) is 9.84 Å². The molecule has 0 bridgehead atoms. The number of hydrogen-bond acceptors (Lipinski definition) is 4. The number of nitrogens with two attached hydrogens (primary N) is 1. The Balaban J connectivity index is 2.11. The highest BCUT2D eigenvalue weighted by atomic mass is 32.2. The van der Waals surface area contributed by atoms with Crippen LogP contribution in [0, 0.1) is 5.41 Å². The van der Waals surface area contributed by atoms with Crippen molar-refractivity contribution < 1.29 is 13.5 Å². The van der Waals surface area contributed by atoms with Crippen LogP contribution in [0.1, 0.15) is 39.5 Å². The molecule has 94 valence electrons. The average molecular weight is 247 g/mol. The van der Waals surface area contributed by atoms with E-state index in [0.29, 0.717) is 25.7 Å². The second-order valence-corrected chi connectivity index (χ2v) is 8.66. The van der Waals surface area contributed by atoms with Gasteiger partial charge in [0, 0.05) is 5.54 Å². The van der Waals surface area contributed by atoms with E-state index in [4.69, 9.17) is 5.73 Å². The van der Waals surface area contributed by atoms with Gasteiger partial charge in [-0.25, -0.2) is 8.42 Å². The molecule has 1 heterocycles. The van der Waals surface area contributed by atoms with E-state index in [1.54, 1.807) is 0 Å². The van der Waals surface area contributed by atoms with E-state index < -0.39 is 21.0 Å². The first kappa shape index (κ1) is 12.3. The van der Waals surface area contributed by atoms with Gasteiger partial charge in [0.1, 0.15) is 9.84 Å². The Morgan fingerprint density at radius 3 is 1.94 bits per heavy atom. The van der Waals surface area contributed by atoms with Gasteiger partial charge in [-0.2, -0.15) is 0 Å². The lowest BCUT2D eigenvalue weighted by atomic mass is 9.53. The zero-order valence-corrected chi connectivity index (χ0v) is 10.8. The summed E-state index contributed by atoms with van der Waals surface area (Å²) in [4.78, 5) is 0. The van der Waals surface area contributed by atoms with Gasteiger partial charge >= 0.3 is 0 Å². The average Bonchev–Trinajstić information content (AvgIpc) is 2.07. The predicted octanol–water partition coefficient (Wildman–Crippen LogP) is 0.444. The molecule has 2 aliphatic rings. The lowest BCUT2D eigenvalue weighted by molar-refractivity contribution is -0.163. The van der Waals surface area contributed by atoms with Crippen molar-refractivity contribution in [3.8, 4) is 0 Å². The number of aliphatic hydroxyl groups is 1. The Morgan fingerprint density at radius 1 is 1.12 bits per heavy atom. The monoisotopic (exact) mass is 247 g/mol. The van der Waals surface area contributed by atoms with E-state index in [-0.39, 0.29) is 16.9 Å². The van der Waals surface area contributed by atoms with Gasteiger partial charge in [-0.05, 0) is 31.1 Å². The molecule has 3 N–H and O–H groups in total. The van der Waals surface area contributed by atoms with Crippen molar-refractivity contribution in [3.63, 3.8) is 0 Å². The first-order valence-corrected chi connectivity index (χ1v) is 7.62. The van der Waals surface area contributed by atoms with Gasteiger partial charge in [0.25, 0.3) is 0 Å². The van der Waals surface area contributed by atoms with Crippen LogP contribution in [0.5, 0.6) is 0 Å². The first-order valence-electron chi connectivity index (χ1n) is 5.79. The summed E-state index contributed by atoms with van der Waals surface area (Å²) >= 11 is 0. The van der Waals surface area contributed by atoms with Crippen molar-refractivity contribution >= 4 is 9.84 Å². The quantitative estimate of drug-likeness (QED) is 0.704. The molecule has 1 saturated heterocycles. The fourth-order valence-corrected chi connectivity index (χ4v) is 4.81. The highest BCUT2D eigenvalue weighted by molar-refractivity contribution is 7.91. The normalized spacial score (nSPS) is 34.0. The molecular weight excluding hydrogens is 226 g/mol. The van der Waals surface area contributed by atoms with Gasteiger partial charge in [-0.3, -0.25) is 0 Å². The molecule has 1 aliphatic heterocycles.